The summed E-state index contributed by atoms with van der Waals surface area (Å²) in [5.41, 5.74) is 8.11. The van der Waals surface area contributed by atoms with Crippen LogP contribution < -0.4 is 10.9 Å². The number of esters is 1. The van der Waals surface area contributed by atoms with Crippen LogP contribution in [0, 0.1) is 12.8 Å². The van der Waals surface area contributed by atoms with Crippen LogP contribution in [-0.4, -0.2) is 53.8 Å². The molecule has 8 nitrogen and oxygen atoms in total. The number of carbonyl (C=O) groups excluding carboxylic acids is 1. The van der Waals surface area contributed by atoms with Gasteiger partial charge < -0.3 is 9.26 Å². The monoisotopic (exact) mass is 359 g/mol. The van der Waals surface area contributed by atoms with Gasteiger partial charge in [-0.25, -0.2) is 5.43 Å². The summed E-state index contributed by atoms with van der Waals surface area (Å²) in [7, 11) is 1.97. The topological polar surface area (TPSA) is 92.5 Å². The Kier molecular flexibility index (Phi) is 5.97. The number of aryl methyl sites for hydroxylation is 1. The fraction of sp³-hybridized carbons (Fsp3) is 0.500. The van der Waals surface area contributed by atoms with Crippen molar-refractivity contribution in [3.8, 4) is 11.4 Å². The first-order chi connectivity index (χ1) is 12.6. The van der Waals surface area contributed by atoms with Crippen molar-refractivity contribution in [2.75, 3.05) is 26.7 Å². The first-order valence-electron chi connectivity index (χ1n) is 8.80. The molecule has 140 valence electrons. The second kappa shape index (κ2) is 8.39. The van der Waals surface area contributed by atoms with Gasteiger partial charge in [0.2, 0.25) is 11.7 Å². The van der Waals surface area contributed by atoms with Gasteiger partial charge in [-0.15, -0.1) is 0 Å². The SMILES string of the molecule is CCOC(=O)C1NNCC1CN(C)Cc1nc(-c2cccc(C)c2)no1. The Morgan fingerprint density at radius 1 is 1.46 bits per heavy atom. The van der Waals surface area contributed by atoms with Gasteiger partial charge in [-0.2, -0.15) is 4.98 Å². The summed E-state index contributed by atoms with van der Waals surface area (Å²) >= 11 is 0. The van der Waals surface area contributed by atoms with Crippen LogP contribution in [0.4, 0.5) is 0 Å². The van der Waals surface area contributed by atoms with Gasteiger partial charge in [-0.1, -0.05) is 28.9 Å². The van der Waals surface area contributed by atoms with Gasteiger partial charge in [0.15, 0.2) is 0 Å². The molecule has 0 bridgehead atoms. The van der Waals surface area contributed by atoms with Crippen molar-refractivity contribution < 1.29 is 14.1 Å². The van der Waals surface area contributed by atoms with Crippen molar-refractivity contribution in [1.82, 2.24) is 25.9 Å². The number of nitrogens with zero attached hydrogens (tertiary/aromatic N) is 3. The molecule has 2 unspecified atom stereocenters. The van der Waals surface area contributed by atoms with E-state index in [-0.39, 0.29) is 17.9 Å². The highest BCUT2D eigenvalue weighted by atomic mass is 16.5. The zero-order valence-electron chi connectivity index (χ0n) is 15.4. The standard InChI is InChI=1S/C18H25N5O3/c1-4-25-18(24)16-14(9-19-21-16)10-23(3)11-15-20-17(22-26-15)13-7-5-6-12(2)8-13/h5-8,14,16,19,21H,4,9-11H2,1-3H3. The van der Waals surface area contributed by atoms with Gasteiger partial charge in [-0.05, 0) is 27.0 Å². The molecule has 1 fully saturated rings. The Morgan fingerprint density at radius 2 is 2.31 bits per heavy atom. The molecule has 0 aliphatic carbocycles. The highest BCUT2D eigenvalue weighted by Crippen LogP contribution is 2.18. The van der Waals surface area contributed by atoms with Crippen LogP contribution in [-0.2, 0) is 16.1 Å². The summed E-state index contributed by atoms with van der Waals surface area (Å²) in [4.78, 5) is 18.5. The first-order valence-corrected chi connectivity index (χ1v) is 8.80. The maximum absolute atomic E-state index is 12.0. The molecular formula is C18H25N5O3. The maximum atomic E-state index is 12.0. The number of benzene rings is 1. The lowest BCUT2D eigenvalue weighted by Crippen LogP contribution is -2.42. The lowest BCUT2D eigenvalue weighted by atomic mass is 10.0. The van der Waals surface area contributed by atoms with Gasteiger partial charge in [0.1, 0.15) is 6.04 Å². The van der Waals surface area contributed by atoms with Crippen molar-refractivity contribution in [2.45, 2.75) is 26.4 Å². The fourth-order valence-electron chi connectivity index (χ4n) is 3.11. The molecule has 26 heavy (non-hydrogen) atoms. The van der Waals surface area contributed by atoms with Crippen LogP contribution in [0.1, 0.15) is 18.4 Å². The van der Waals surface area contributed by atoms with Gasteiger partial charge in [0.25, 0.3) is 0 Å². The quantitative estimate of drug-likeness (QED) is 0.711. The fourth-order valence-corrected chi connectivity index (χ4v) is 3.11. The lowest BCUT2D eigenvalue weighted by Gasteiger charge is -2.22. The number of nitrogens with one attached hydrogen (secondary N) is 2. The van der Waals surface area contributed by atoms with E-state index < -0.39 is 0 Å². The minimum Gasteiger partial charge on any atom is -0.465 e. The van der Waals surface area contributed by atoms with Gasteiger partial charge in [0, 0.05) is 24.6 Å². The molecule has 1 aromatic carbocycles. The summed E-state index contributed by atoms with van der Waals surface area (Å²) in [6, 6.07) is 7.65. The number of hydrogen-bond donors (Lipinski definition) is 2. The molecule has 1 aromatic heterocycles. The van der Waals surface area contributed by atoms with E-state index in [1.54, 1.807) is 0 Å². The van der Waals surface area contributed by atoms with E-state index in [9.17, 15) is 4.79 Å². The zero-order chi connectivity index (χ0) is 18.5. The molecule has 2 aromatic rings. The number of hydrogen-bond acceptors (Lipinski definition) is 8. The van der Waals surface area contributed by atoms with E-state index in [2.05, 4.69) is 25.9 Å². The largest absolute Gasteiger partial charge is 0.465 e. The zero-order valence-corrected chi connectivity index (χ0v) is 15.4. The van der Waals surface area contributed by atoms with Crippen LogP contribution in [0.2, 0.25) is 0 Å². The number of rotatable bonds is 7. The summed E-state index contributed by atoms with van der Waals surface area (Å²) in [5, 5.41) is 4.07. The van der Waals surface area contributed by atoms with Crippen LogP contribution in [0.3, 0.4) is 0 Å². The molecule has 1 aliphatic heterocycles. The minimum atomic E-state index is -0.344. The van der Waals surface area contributed by atoms with Gasteiger partial charge in [0.05, 0.1) is 13.2 Å². The molecule has 1 saturated heterocycles. The Labute approximate surface area is 152 Å². The van der Waals surface area contributed by atoms with Crippen molar-refractivity contribution in [1.29, 1.82) is 0 Å². The first kappa shape index (κ1) is 18.5. The Hall–Kier alpha value is -2.29. The highest BCUT2D eigenvalue weighted by Gasteiger charge is 2.34. The Bertz CT molecular complexity index is 748. The lowest BCUT2D eigenvalue weighted by molar-refractivity contribution is -0.146. The van der Waals surface area contributed by atoms with Crippen LogP contribution in [0.25, 0.3) is 11.4 Å². The number of aromatic nitrogens is 2. The van der Waals surface area contributed by atoms with Gasteiger partial charge >= 0.3 is 5.97 Å². The molecule has 1 aliphatic rings. The minimum absolute atomic E-state index is 0.109. The van der Waals surface area contributed by atoms with E-state index in [1.807, 2.05) is 45.2 Å². The smallest absolute Gasteiger partial charge is 0.324 e. The third kappa shape index (κ3) is 4.46. The molecule has 0 amide bonds. The molecule has 0 spiro atoms. The molecule has 0 radical (unpaired) electrons. The van der Waals surface area contributed by atoms with Crippen molar-refractivity contribution in [3.63, 3.8) is 0 Å². The summed E-state index contributed by atoms with van der Waals surface area (Å²) in [6.45, 7) is 6.14. The van der Waals surface area contributed by atoms with Crippen molar-refractivity contribution in [2.24, 2.45) is 5.92 Å². The molecule has 2 atom stereocenters. The van der Waals surface area contributed by atoms with E-state index >= 15 is 0 Å². The normalized spacial score (nSPS) is 19.8. The van der Waals surface area contributed by atoms with Gasteiger partial charge in [-0.3, -0.25) is 15.1 Å². The average Bonchev–Trinajstić information content (AvgIpc) is 3.24. The molecule has 2 heterocycles. The second-order valence-corrected chi connectivity index (χ2v) is 6.59. The van der Waals surface area contributed by atoms with E-state index in [4.69, 9.17) is 9.26 Å². The number of carbonyl (C=O) groups is 1. The summed E-state index contributed by atoms with van der Waals surface area (Å²) < 4.78 is 10.5. The van der Waals surface area contributed by atoms with E-state index in [0.717, 1.165) is 11.1 Å². The maximum Gasteiger partial charge on any atom is 0.324 e. The van der Waals surface area contributed by atoms with Crippen molar-refractivity contribution >= 4 is 5.97 Å². The Balaban J connectivity index is 1.58. The van der Waals surface area contributed by atoms with Crippen LogP contribution in [0.15, 0.2) is 28.8 Å². The molecule has 3 rings (SSSR count). The molecule has 2 N–H and O–H groups in total. The summed E-state index contributed by atoms with van der Waals surface area (Å²) in [6.07, 6.45) is 0. The van der Waals surface area contributed by atoms with Crippen LogP contribution >= 0.6 is 0 Å². The Morgan fingerprint density at radius 3 is 3.08 bits per heavy atom. The van der Waals surface area contributed by atoms with E-state index in [0.29, 0.717) is 38.0 Å². The second-order valence-electron chi connectivity index (χ2n) is 6.59. The molecule has 0 saturated carbocycles. The van der Waals surface area contributed by atoms with Crippen LogP contribution in [0.5, 0.6) is 0 Å². The summed E-state index contributed by atoms with van der Waals surface area (Å²) in [5.74, 6) is 1.02. The third-order valence-corrected chi connectivity index (χ3v) is 4.33. The number of hydrazine groups is 1. The molecule has 8 heteroatoms. The highest BCUT2D eigenvalue weighted by molar-refractivity contribution is 5.76. The van der Waals surface area contributed by atoms with Crippen molar-refractivity contribution in [3.05, 3.63) is 35.7 Å². The molecular weight excluding hydrogens is 334 g/mol. The third-order valence-electron chi connectivity index (χ3n) is 4.33. The van der Waals surface area contributed by atoms with E-state index in [1.165, 1.54) is 0 Å². The predicted molar refractivity (Wildman–Crippen MR) is 95.9 cm³/mol. The average molecular weight is 359 g/mol. The predicted octanol–water partition coefficient (Wildman–Crippen LogP) is 1.13. The number of ether oxygens (including phenoxy) is 1.